The van der Waals surface area contributed by atoms with Crippen molar-refractivity contribution in [1.29, 1.82) is 0 Å². The fourth-order valence-electron chi connectivity index (χ4n) is 2.79. The summed E-state index contributed by atoms with van der Waals surface area (Å²) < 4.78 is 6.22. The number of hydrogen-bond acceptors (Lipinski definition) is 3. The predicted octanol–water partition coefficient (Wildman–Crippen LogP) is 1.66. The Morgan fingerprint density at radius 3 is 2.48 bits per heavy atom. The first-order chi connectivity index (χ1) is 10.2. The minimum atomic E-state index is -0.535. The Kier molecular flexibility index (Phi) is 4.26. The lowest BCUT2D eigenvalue weighted by atomic mass is 10.1. The summed E-state index contributed by atoms with van der Waals surface area (Å²) in [5.74, 6) is -0.677. The van der Waals surface area contributed by atoms with E-state index in [1.54, 1.807) is 9.80 Å². The zero-order valence-corrected chi connectivity index (χ0v) is 13.2. The van der Waals surface area contributed by atoms with Crippen molar-refractivity contribution in [3.05, 3.63) is 28.7 Å². The van der Waals surface area contributed by atoms with Gasteiger partial charge in [0.05, 0.1) is 13.2 Å². The van der Waals surface area contributed by atoms with Crippen molar-refractivity contribution in [1.82, 2.24) is 4.90 Å². The Bertz CT molecular complexity index is 540. The molecule has 2 aliphatic rings. The van der Waals surface area contributed by atoms with E-state index in [4.69, 9.17) is 4.74 Å². The van der Waals surface area contributed by atoms with Gasteiger partial charge in [0.15, 0.2) is 0 Å². The van der Waals surface area contributed by atoms with Crippen LogP contribution >= 0.6 is 15.9 Å². The predicted molar refractivity (Wildman–Crippen MR) is 82.0 cm³/mol. The fourth-order valence-corrected chi connectivity index (χ4v) is 3.05. The van der Waals surface area contributed by atoms with Crippen molar-refractivity contribution in [3.63, 3.8) is 0 Å². The van der Waals surface area contributed by atoms with Crippen LogP contribution in [-0.4, -0.2) is 49.6 Å². The molecule has 0 radical (unpaired) electrons. The summed E-state index contributed by atoms with van der Waals surface area (Å²) in [5, 5.41) is 0. The number of ether oxygens (including phenoxy) is 1. The zero-order chi connectivity index (χ0) is 14.8. The van der Waals surface area contributed by atoms with Gasteiger partial charge < -0.3 is 14.5 Å². The molecule has 0 spiro atoms. The van der Waals surface area contributed by atoms with Crippen LogP contribution in [0.1, 0.15) is 6.42 Å². The number of benzene rings is 1. The standard InChI is InChI=1S/C15H17BrN2O3/c16-11-1-3-12(4-2-11)18-6-5-13(15(18)20)14(19)17-7-9-21-10-8-17/h1-4,13H,5-10H2. The minimum Gasteiger partial charge on any atom is -0.378 e. The second-order valence-electron chi connectivity index (χ2n) is 5.25. The number of rotatable bonds is 2. The van der Waals surface area contributed by atoms with Gasteiger partial charge in [-0.05, 0) is 30.7 Å². The van der Waals surface area contributed by atoms with Crippen LogP contribution in [0.25, 0.3) is 0 Å². The van der Waals surface area contributed by atoms with Gasteiger partial charge in [0.2, 0.25) is 11.8 Å². The third-order valence-electron chi connectivity index (χ3n) is 3.96. The molecule has 0 aromatic heterocycles. The van der Waals surface area contributed by atoms with Gasteiger partial charge >= 0.3 is 0 Å². The topological polar surface area (TPSA) is 49.9 Å². The van der Waals surface area contributed by atoms with Gasteiger partial charge in [-0.25, -0.2) is 0 Å². The van der Waals surface area contributed by atoms with Crippen LogP contribution in [0, 0.1) is 5.92 Å². The highest BCUT2D eigenvalue weighted by Gasteiger charge is 2.39. The van der Waals surface area contributed by atoms with Crippen LogP contribution in [0.2, 0.25) is 0 Å². The molecule has 2 heterocycles. The van der Waals surface area contributed by atoms with E-state index in [-0.39, 0.29) is 11.8 Å². The molecule has 0 aliphatic carbocycles. The van der Waals surface area contributed by atoms with Gasteiger partial charge in [0.25, 0.3) is 0 Å². The number of carbonyl (C=O) groups is 2. The number of amides is 2. The van der Waals surface area contributed by atoms with E-state index in [9.17, 15) is 9.59 Å². The van der Waals surface area contributed by atoms with Crippen molar-refractivity contribution < 1.29 is 14.3 Å². The molecule has 21 heavy (non-hydrogen) atoms. The van der Waals surface area contributed by atoms with E-state index in [2.05, 4.69) is 15.9 Å². The van der Waals surface area contributed by atoms with Crippen LogP contribution in [0.3, 0.4) is 0 Å². The highest BCUT2D eigenvalue weighted by molar-refractivity contribution is 9.10. The Morgan fingerprint density at radius 1 is 1.14 bits per heavy atom. The van der Waals surface area contributed by atoms with Crippen molar-refractivity contribution in [2.75, 3.05) is 37.7 Å². The van der Waals surface area contributed by atoms with E-state index in [1.807, 2.05) is 24.3 Å². The first-order valence-corrected chi connectivity index (χ1v) is 7.89. The van der Waals surface area contributed by atoms with Crippen LogP contribution in [0.4, 0.5) is 5.69 Å². The quantitative estimate of drug-likeness (QED) is 0.760. The first-order valence-electron chi connectivity index (χ1n) is 7.10. The Morgan fingerprint density at radius 2 is 1.81 bits per heavy atom. The van der Waals surface area contributed by atoms with Crippen LogP contribution < -0.4 is 4.90 Å². The maximum absolute atomic E-state index is 12.5. The molecule has 6 heteroatoms. The fraction of sp³-hybridized carbons (Fsp3) is 0.467. The largest absolute Gasteiger partial charge is 0.378 e. The van der Waals surface area contributed by atoms with Crippen molar-refractivity contribution in [3.8, 4) is 0 Å². The summed E-state index contributed by atoms with van der Waals surface area (Å²) in [7, 11) is 0. The summed E-state index contributed by atoms with van der Waals surface area (Å²) in [6, 6.07) is 7.59. The second kappa shape index (κ2) is 6.15. The maximum Gasteiger partial charge on any atom is 0.239 e. The molecule has 112 valence electrons. The van der Waals surface area contributed by atoms with E-state index in [0.29, 0.717) is 39.3 Å². The van der Waals surface area contributed by atoms with E-state index in [0.717, 1.165) is 10.2 Å². The van der Waals surface area contributed by atoms with Crippen LogP contribution in [-0.2, 0) is 14.3 Å². The van der Waals surface area contributed by atoms with E-state index in [1.165, 1.54) is 0 Å². The summed E-state index contributed by atoms with van der Waals surface area (Å²) >= 11 is 3.38. The average molecular weight is 353 g/mol. The molecule has 2 fully saturated rings. The van der Waals surface area contributed by atoms with Gasteiger partial charge in [0.1, 0.15) is 5.92 Å². The average Bonchev–Trinajstić information content (AvgIpc) is 2.90. The smallest absolute Gasteiger partial charge is 0.239 e. The molecule has 1 aromatic carbocycles. The Hall–Kier alpha value is -1.40. The number of anilines is 1. The SMILES string of the molecule is O=C(C1CCN(c2ccc(Br)cc2)C1=O)N1CCOCC1. The molecular weight excluding hydrogens is 336 g/mol. The number of hydrogen-bond donors (Lipinski definition) is 0. The summed E-state index contributed by atoms with van der Waals surface area (Å²) in [4.78, 5) is 28.4. The lowest BCUT2D eigenvalue weighted by Crippen LogP contribution is -2.45. The molecule has 0 bridgehead atoms. The molecule has 2 aliphatic heterocycles. The molecule has 5 nitrogen and oxygen atoms in total. The van der Waals surface area contributed by atoms with Crippen molar-refractivity contribution in [2.24, 2.45) is 5.92 Å². The van der Waals surface area contributed by atoms with Crippen molar-refractivity contribution in [2.45, 2.75) is 6.42 Å². The van der Waals surface area contributed by atoms with Gasteiger partial charge in [-0.3, -0.25) is 9.59 Å². The number of carbonyl (C=O) groups excluding carboxylic acids is 2. The van der Waals surface area contributed by atoms with Gasteiger partial charge in [-0.15, -0.1) is 0 Å². The van der Waals surface area contributed by atoms with Gasteiger partial charge in [-0.2, -0.15) is 0 Å². The lowest BCUT2D eigenvalue weighted by Gasteiger charge is -2.28. The number of halogens is 1. The highest BCUT2D eigenvalue weighted by Crippen LogP contribution is 2.27. The van der Waals surface area contributed by atoms with Gasteiger partial charge in [-0.1, -0.05) is 15.9 Å². The van der Waals surface area contributed by atoms with Gasteiger partial charge in [0, 0.05) is 29.8 Å². The number of morpholine rings is 1. The molecule has 1 aromatic rings. The molecule has 0 N–H and O–H groups in total. The lowest BCUT2D eigenvalue weighted by molar-refractivity contribution is -0.143. The monoisotopic (exact) mass is 352 g/mol. The van der Waals surface area contributed by atoms with E-state index >= 15 is 0 Å². The Balaban J connectivity index is 1.71. The highest BCUT2D eigenvalue weighted by atomic mass is 79.9. The minimum absolute atomic E-state index is 0.0529. The molecule has 2 amide bonds. The molecule has 1 atom stereocenters. The summed E-state index contributed by atoms with van der Waals surface area (Å²) in [6.45, 7) is 2.88. The molecule has 0 saturated carbocycles. The molecule has 2 saturated heterocycles. The zero-order valence-electron chi connectivity index (χ0n) is 11.6. The van der Waals surface area contributed by atoms with Crippen molar-refractivity contribution >= 4 is 33.4 Å². The summed E-state index contributed by atoms with van der Waals surface area (Å²) in [6.07, 6.45) is 0.588. The molecule has 1 unspecified atom stereocenters. The van der Waals surface area contributed by atoms with Crippen LogP contribution in [0.15, 0.2) is 28.7 Å². The normalized spacial score (nSPS) is 22.7. The van der Waals surface area contributed by atoms with E-state index < -0.39 is 5.92 Å². The third-order valence-corrected chi connectivity index (χ3v) is 4.49. The molecule has 3 rings (SSSR count). The Labute approximate surface area is 132 Å². The number of nitrogens with zero attached hydrogens (tertiary/aromatic N) is 2. The third kappa shape index (κ3) is 2.96. The first kappa shape index (κ1) is 14.5. The maximum atomic E-state index is 12.5. The summed E-state index contributed by atoms with van der Waals surface area (Å²) in [5.41, 5.74) is 0.848. The molecular formula is C15H17BrN2O3. The van der Waals surface area contributed by atoms with Crippen LogP contribution in [0.5, 0.6) is 0 Å². The second-order valence-corrected chi connectivity index (χ2v) is 6.16.